The fraction of sp³-hybridized carbons (Fsp3) is 0.429. The number of rotatable bonds is 4. The number of para-hydroxylation sites is 1. The van der Waals surface area contributed by atoms with Crippen molar-refractivity contribution in [1.29, 1.82) is 0 Å². The summed E-state index contributed by atoms with van der Waals surface area (Å²) in [5, 5.41) is -0.191. The Bertz CT molecular complexity index is 608. The first-order chi connectivity index (χ1) is 9.00. The summed E-state index contributed by atoms with van der Waals surface area (Å²) in [6.45, 7) is 0.167. The van der Waals surface area contributed by atoms with Crippen LogP contribution in [0, 0.1) is 11.8 Å². The molecule has 1 fully saturated rings. The molecule has 1 aliphatic carbocycles. The molecule has 0 aromatic heterocycles. The zero-order chi connectivity index (χ0) is 13.9. The number of hydrogen-bond acceptors (Lipinski definition) is 3. The van der Waals surface area contributed by atoms with Gasteiger partial charge in [-0.05, 0) is 25.0 Å². The van der Waals surface area contributed by atoms with Gasteiger partial charge in [-0.3, -0.25) is 0 Å². The standard InChI is InChI=1S/C14H18N2O2S/c1-16(2)14-8-4-3-6-12(14)7-5-11-15-19(17,18)13-9-10-13/h3-4,6,8,13,15H,9-11H2,1-2H3. The first kappa shape index (κ1) is 13.9. The van der Waals surface area contributed by atoms with E-state index < -0.39 is 10.0 Å². The zero-order valence-corrected chi connectivity index (χ0v) is 12.0. The number of anilines is 1. The van der Waals surface area contributed by atoms with Gasteiger partial charge in [-0.2, -0.15) is 0 Å². The molecule has 4 nitrogen and oxygen atoms in total. The van der Waals surface area contributed by atoms with E-state index in [2.05, 4.69) is 16.6 Å². The van der Waals surface area contributed by atoms with Crippen LogP contribution in [0.5, 0.6) is 0 Å². The maximum absolute atomic E-state index is 11.6. The molecule has 19 heavy (non-hydrogen) atoms. The van der Waals surface area contributed by atoms with Gasteiger partial charge in [0.05, 0.1) is 17.5 Å². The first-order valence-corrected chi connectivity index (χ1v) is 7.79. The lowest BCUT2D eigenvalue weighted by atomic mass is 10.1. The summed E-state index contributed by atoms with van der Waals surface area (Å²) in [5.74, 6) is 5.88. The average Bonchev–Trinajstić information content (AvgIpc) is 3.19. The molecule has 1 aliphatic rings. The van der Waals surface area contributed by atoms with Crippen molar-refractivity contribution in [3.8, 4) is 11.8 Å². The van der Waals surface area contributed by atoms with Gasteiger partial charge in [0.15, 0.2) is 0 Å². The lowest BCUT2D eigenvalue weighted by molar-refractivity contribution is 0.584. The Morgan fingerprint density at radius 2 is 2.00 bits per heavy atom. The molecule has 5 heteroatoms. The predicted octanol–water partition coefficient (Wildman–Crippen LogP) is 1.19. The molecule has 0 radical (unpaired) electrons. The van der Waals surface area contributed by atoms with Gasteiger partial charge in [0.25, 0.3) is 0 Å². The number of nitrogens with one attached hydrogen (secondary N) is 1. The largest absolute Gasteiger partial charge is 0.377 e. The topological polar surface area (TPSA) is 49.4 Å². The van der Waals surface area contributed by atoms with Crippen LogP contribution >= 0.6 is 0 Å². The van der Waals surface area contributed by atoms with Crippen LogP contribution in [0.4, 0.5) is 5.69 Å². The normalized spacial score (nSPS) is 14.6. The third kappa shape index (κ3) is 3.72. The Morgan fingerprint density at radius 3 is 2.63 bits per heavy atom. The van der Waals surface area contributed by atoms with Crippen molar-refractivity contribution >= 4 is 15.7 Å². The first-order valence-electron chi connectivity index (χ1n) is 6.24. The van der Waals surface area contributed by atoms with E-state index in [4.69, 9.17) is 0 Å². The number of nitrogens with zero attached hydrogens (tertiary/aromatic N) is 1. The van der Waals surface area contributed by atoms with Crippen molar-refractivity contribution in [2.45, 2.75) is 18.1 Å². The summed E-state index contributed by atoms with van der Waals surface area (Å²) < 4.78 is 25.7. The summed E-state index contributed by atoms with van der Waals surface area (Å²) in [6, 6.07) is 7.79. The summed E-state index contributed by atoms with van der Waals surface area (Å²) >= 11 is 0. The summed E-state index contributed by atoms with van der Waals surface area (Å²) in [6.07, 6.45) is 1.54. The molecule has 0 saturated heterocycles. The molecule has 0 spiro atoms. The lowest BCUT2D eigenvalue weighted by Gasteiger charge is -2.13. The highest BCUT2D eigenvalue weighted by molar-refractivity contribution is 7.90. The van der Waals surface area contributed by atoms with E-state index in [1.54, 1.807) is 0 Å². The zero-order valence-electron chi connectivity index (χ0n) is 11.2. The van der Waals surface area contributed by atoms with Gasteiger partial charge in [0.2, 0.25) is 10.0 Å². The number of benzene rings is 1. The monoisotopic (exact) mass is 278 g/mol. The van der Waals surface area contributed by atoms with Crippen LogP contribution in [0.3, 0.4) is 0 Å². The van der Waals surface area contributed by atoms with Gasteiger partial charge in [-0.1, -0.05) is 24.0 Å². The van der Waals surface area contributed by atoms with Crippen LogP contribution in [0.25, 0.3) is 0 Å². The van der Waals surface area contributed by atoms with E-state index >= 15 is 0 Å². The lowest BCUT2D eigenvalue weighted by Crippen LogP contribution is -2.27. The number of hydrogen-bond donors (Lipinski definition) is 1. The summed E-state index contributed by atoms with van der Waals surface area (Å²) in [7, 11) is 0.778. The maximum Gasteiger partial charge on any atom is 0.215 e. The average molecular weight is 278 g/mol. The molecule has 0 amide bonds. The van der Waals surface area contributed by atoms with Gasteiger partial charge in [-0.25, -0.2) is 13.1 Å². The molecule has 102 valence electrons. The number of sulfonamides is 1. The molecule has 1 aromatic rings. The van der Waals surface area contributed by atoms with Gasteiger partial charge in [0.1, 0.15) is 0 Å². The second-order valence-electron chi connectivity index (χ2n) is 4.78. The smallest absolute Gasteiger partial charge is 0.215 e. The third-order valence-corrected chi connectivity index (χ3v) is 4.83. The van der Waals surface area contributed by atoms with Crippen molar-refractivity contribution < 1.29 is 8.42 Å². The minimum absolute atomic E-state index is 0.167. The molecule has 1 saturated carbocycles. The van der Waals surface area contributed by atoms with Gasteiger partial charge in [-0.15, -0.1) is 0 Å². The maximum atomic E-state index is 11.6. The highest BCUT2D eigenvalue weighted by Crippen LogP contribution is 2.27. The Balaban J connectivity index is 2.00. The second-order valence-corrected chi connectivity index (χ2v) is 6.82. The highest BCUT2D eigenvalue weighted by Gasteiger charge is 2.34. The predicted molar refractivity (Wildman–Crippen MR) is 77.6 cm³/mol. The van der Waals surface area contributed by atoms with E-state index in [0.717, 1.165) is 24.1 Å². The van der Waals surface area contributed by atoms with Crippen LogP contribution in [0.2, 0.25) is 0 Å². The van der Waals surface area contributed by atoms with Crippen LogP contribution in [0.15, 0.2) is 24.3 Å². The second kappa shape index (κ2) is 5.64. The molecule has 1 N–H and O–H groups in total. The van der Waals surface area contributed by atoms with Crippen molar-refractivity contribution in [2.75, 3.05) is 25.5 Å². The fourth-order valence-electron chi connectivity index (χ4n) is 1.74. The Hall–Kier alpha value is -1.51. The van der Waals surface area contributed by atoms with E-state index in [9.17, 15) is 8.42 Å². The quantitative estimate of drug-likeness (QED) is 0.842. The van der Waals surface area contributed by atoms with Gasteiger partial charge >= 0.3 is 0 Å². The highest BCUT2D eigenvalue weighted by atomic mass is 32.2. The molecule has 2 rings (SSSR count). The van der Waals surface area contributed by atoms with Gasteiger partial charge in [0, 0.05) is 19.7 Å². The molecular formula is C14H18N2O2S. The molecular weight excluding hydrogens is 260 g/mol. The molecule has 0 bridgehead atoms. The van der Waals surface area contributed by atoms with Crippen LogP contribution in [-0.2, 0) is 10.0 Å². The minimum atomic E-state index is -3.13. The van der Waals surface area contributed by atoms with E-state index in [1.807, 2.05) is 43.3 Å². The molecule has 0 atom stereocenters. The fourth-order valence-corrected chi connectivity index (χ4v) is 3.01. The van der Waals surface area contributed by atoms with Crippen molar-refractivity contribution in [2.24, 2.45) is 0 Å². The van der Waals surface area contributed by atoms with E-state index in [0.29, 0.717) is 0 Å². The Morgan fingerprint density at radius 1 is 1.32 bits per heavy atom. The molecule has 0 unspecified atom stereocenters. The molecule has 0 heterocycles. The molecule has 1 aromatic carbocycles. The summed E-state index contributed by atoms with van der Waals surface area (Å²) in [5.41, 5.74) is 1.93. The van der Waals surface area contributed by atoms with Crippen LogP contribution in [0.1, 0.15) is 18.4 Å². The minimum Gasteiger partial charge on any atom is -0.377 e. The Kier molecular flexibility index (Phi) is 4.13. The van der Waals surface area contributed by atoms with Gasteiger partial charge < -0.3 is 4.90 Å². The van der Waals surface area contributed by atoms with Crippen molar-refractivity contribution in [3.05, 3.63) is 29.8 Å². The van der Waals surface area contributed by atoms with E-state index in [1.165, 1.54) is 0 Å². The third-order valence-electron chi connectivity index (χ3n) is 2.93. The van der Waals surface area contributed by atoms with Crippen molar-refractivity contribution in [3.63, 3.8) is 0 Å². The van der Waals surface area contributed by atoms with E-state index in [-0.39, 0.29) is 11.8 Å². The SMILES string of the molecule is CN(C)c1ccccc1C#CCNS(=O)(=O)C1CC1. The van der Waals surface area contributed by atoms with Crippen LogP contribution in [-0.4, -0.2) is 34.3 Å². The van der Waals surface area contributed by atoms with Crippen molar-refractivity contribution in [1.82, 2.24) is 4.72 Å². The summed E-state index contributed by atoms with van der Waals surface area (Å²) in [4.78, 5) is 1.98. The molecule has 0 aliphatic heterocycles. The van der Waals surface area contributed by atoms with Crippen LogP contribution < -0.4 is 9.62 Å². The Labute approximate surface area is 114 Å².